The molecule has 1 saturated heterocycles. The molecule has 0 spiro atoms. The number of rotatable bonds is 5. The van der Waals surface area contributed by atoms with Crippen LogP contribution in [0.1, 0.15) is 11.3 Å². The first-order valence-corrected chi connectivity index (χ1v) is 9.70. The van der Waals surface area contributed by atoms with Gasteiger partial charge in [-0.05, 0) is 17.7 Å². The molecule has 0 saturated carbocycles. The summed E-state index contributed by atoms with van der Waals surface area (Å²) in [5, 5.41) is 3.37. The van der Waals surface area contributed by atoms with E-state index < -0.39 is 0 Å². The fraction of sp³-hybridized carbons (Fsp3) is 0.200. The van der Waals surface area contributed by atoms with Crippen molar-refractivity contribution in [2.24, 2.45) is 0 Å². The smallest absolute Gasteiger partial charge is 0.324 e. The van der Waals surface area contributed by atoms with Crippen LogP contribution in [0, 0.1) is 0 Å². The van der Waals surface area contributed by atoms with Crippen molar-refractivity contribution in [3.8, 4) is 0 Å². The molecule has 3 amide bonds. The van der Waals surface area contributed by atoms with Crippen LogP contribution in [0.5, 0.6) is 0 Å². The van der Waals surface area contributed by atoms with Gasteiger partial charge in [0.05, 0.1) is 22.5 Å². The van der Waals surface area contributed by atoms with Crippen LogP contribution in [0.15, 0.2) is 59.6 Å². The molecular formula is C20H18N4O2S. The molecule has 2 heterocycles. The zero-order valence-corrected chi connectivity index (χ0v) is 15.4. The van der Waals surface area contributed by atoms with Crippen molar-refractivity contribution in [1.29, 1.82) is 0 Å². The molecule has 136 valence electrons. The number of para-hydroxylation sites is 2. The average Bonchev–Trinajstić information content (AvgIpc) is 3.13. The summed E-state index contributed by atoms with van der Waals surface area (Å²) in [5.41, 5.74) is 3.60. The Morgan fingerprint density at radius 1 is 1.04 bits per heavy atom. The molecule has 3 aromatic rings. The van der Waals surface area contributed by atoms with Gasteiger partial charge < -0.3 is 5.32 Å². The van der Waals surface area contributed by atoms with E-state index in [9.17, 15) is 9.59 Å². The van der Waals surface area contributed by atoms with Gasteiger partial charge in [-0.15, -0.1) is 0 Å². The molecule has 7 heteroatoms. The Balaban J connectivity index is 1.60. The number of amides is 3. The molecule has 27 heavy (non-hydrogen) atoms. The van der Waals surface area contributed by atoms with Crippen LogP contribution in [-0.2, 0) is 11.2 Å². The Bertz CT molecular complexity index is 994. The van der Waals surface area contributed by atoms with Gasteiger partial charge in [-0.25, -0.2) is 14.8 Å². The lowest BCUT2D eigenvalue weighted by Gasteiger charge is -2.13. The average molecular weight is 378 g/mol. The number of urea groups is 1. The van der Waals surface area contributed by atoms with E-state index in [1.165, 1.54) is 16.7 Å². The lowest BCUT2D eigenvalue weighted by molar-refractivity contribution is -0.124. The van der Waals surface area contributed by atoms with E-state index in [0.717, 1.165) is 27.3 Å². The lowest BCUT2D eigenvalue weighted by atomic mass is 10.1. The lowest BCUT2D eigenvalue weighted by Crippen LogP contribution is -2.35. The molecule has 0 atom stereocenters. The van der Waals surface area contributed by atoms with Crippen molar-refractivity contribution >= 4 is 34.7 Å². The minimum Gasteiger partial charge on any atom is -0.336 e. The molecule has 0 radical (unpaired) electrons. The third-order valence-corrected chi connectivity index (χ3v) is 5.30. The Hall–Kier alpha value is -2.93. The Morgan fingerprint density at radius 2 is 1.74 bits per heavy atom. The number of carbonyl (C=O) groups is 2. The van der Waals surface area contributed by atoms with E-state index in [1.807, 2.05) is 54.6 Å². The van der Waals surface area contributed by atoms with Gasteiger partial charge in [0.1, 0.15) is 5.03 Å². The van der Waals surface area contributed by atoms with Crippen LogP contribution >= 0.6 is 11.8 Å². The summed E-state index contributed by atoms with van der Waals surface area (Å²) >= 11 is 1.33. The number of nitrogens with zero attached hydrogens (tertiary/aromatic N) is 3. The van der Waals surface area contributed by atoms with Crippen molar-refractivity contribution in [3.63, 3.8) is 0 Å². The zero-order chi connectivity index (χ0) is 18.6. The molecule has 1 N–H and O–H groups in total. The van der Waals surface area contributed by atoms with Gasteiger partial charge in [0, 0.05) is 19.5 Å². The summed E-state index contributed by atoms with van der Waals surface area (Å²) in [6.07, 6.45) is 0.638. The zero-order valence-electron chi connectivity index (χ0n) is 14.6. The van der Waals surface area contributed by atoms with Crippen molar-refractivity contribution in [3.05, 3.63) is 65.9 Å². The van der Waals surface area contributed by atoms with E-state index in [1.54, 1.807) is 0 Å². The number of aromatic nitrogens is 2. The predicted octanol–water partition coefficient (Wildman–Crippen LogP) is 2.86. The predicted molar refractivity (Wildman–Crippen MR) is 105 cm³/mol. The maximum Gasteiger partial charge on any atom is 0.324 e. The Labute approximate surface area is 161 Å². The number of nitrogens with one attached hydrogen (secondary N) is 1. The molecule has 2 aromatic carbocycles. The summed E-state index contributed by atoms with van der Waals surface area (Å²) < 4.78 is 0. The monoisotopic (exact) mass is 378 g/mol. The first-order valence-electron chi connectivity index (χ1n) is 8.71. The normalized spacial score (nSPS) is 13.8. The third-order valence-electron chi connectivity index (χ3n) is 4.31. The van der Waals surface area contributed by atoms with Crippen LogP contribution in [0.4, 0.5) is 4.79 Å². The number of benzene rings is 2. The first kappa shape index (κ1) is 17.5. The molecule has 0 unspecified atom stereocenters. The number of thioether (sulfide) groups is 1. The summed E-state index contributed by atoms with van der Waals surface area (Å²) in [6, 6.07) is 17.4. The molecule has 0 aliphatic carbocycles. The highest BCUT2D eigenvalue weighted by molar-refractivity contribution is 7.99. The van der Waals surface area contributed by atoms with Gasteiger partial charge in [0.2, 0.25) is 5.91 Å². The first-order chi connectivity index (χ1) is 13.2. The van der Waals surface area contributed by atoms with Crippen LogP contribution < -0.4 is 5.32 Å². The minimum atomic E-state index is -0.324. The van der Waals surface area contributed by atoms with Gasteiger partial charge >= 0.3 is 6.03 Å². The summed E-state index contributed by atoms with van der Waals surface area (Å²) in [7, 11) is 0. The van der Waals surface area contributed by atoms with E-state index >= 15 is 0 Å². The quantitative estimate of drug-likeness (QED) is 0.691. The van der Waals surface area contributed by atoms with Crippen LogP contribution in [0.3, 0.4) is 0 Å². The maximum absolute atomic E-state index is 12.4. The van der Waals surface area contributed by atoms with Crippen molar-refractivity contribution < 1.29 is 9.59 Å². The highest BCUT2D eigenvalue weighted by Gasteiger charge is 2.26. The summed E-state index contributed by atoms with van der Waals surface area (Å²) in [5.74, 6) is -0.0574. The number of hydrogen-bond acceptors (Lipinski definition) is 5. The summed E-state index contributed by atoms with van der Waals surface area (Å²) in [6.45, 7) is 0.919. The minimum absolute atomic E-state index is 0.155. The molecule has 0 bridgehead atoms. The largest absolute Gasteiger partial charge is 0.336 e. The van der Waals surface area contributed by atoms with Crippen molar-refractivity contribution in [2.45, 2.75) is 11.4 Å². The highest BCUT2D eigenvalue weighted by Crippen LogP contribution is 2.25. The maximum atomic E-state index is 12.4. The van der Waals surface area contributed by atoms with Gasteiger partial charge in [0.25, 0.3) is 0 Å². The topological polar surface area (TPSA) is 75.2 Å². The molecule has 4 rings (SSSR count). The molecule has 6 nitrogen and oxygen atoms in total. The van der Waals surface area contributed by atoms with Crippen molar-refractivity contribution in [2.75, 3.05) is 18.8 Å². The van der Waals surface area contributed by atoms with Gasteiger partial charge in [-0.3, -0.25) is 9.69 Å². The second-order valence-electron chi connectivity index (χ2n) is 6.19. The third kappa shape index (κ3) is 3.93. The number of hydrogen-bond donors (Lipinski definition) is 1. The van der Waals surface area contributed by atoms with E-state index in [0.29, 0.717) is 19.5 Å². The molecule has 1 aliphatic heterocycles. The molecule has 1 aromatic heterocycles. The Morgan fingerprint density at radius 3 is 2.44 bits per heavy atom. The fourth-order valence-electron chi connectivity index (χ4n) is 2.96. The SMILES string of the molecule is O=C(CSc1nc2ccccc2nc1Cc1ccccc1)N1CCNC1=O. The molecule has 1 aliphatic rings. The molecule has 1 fully saturated rings. The van der Waals surface area contributed by atoms with E-state index in [4.69, 9.17) is 9.97 Å². The number of carbonyl (C=O) groups excluding carboxylic acids is 2. The second-order valence-corrected chi connectivity index (χ2v) is 7.16. The van der Waals surface area contributed by atoms with Crippen molar-refractivity contribution in [1.82, 2.24) is 20.2 Å². The van der Waals surface area contributed by atoms with E-state index in [-0.39, 0.29) is 17.7 Å². The van der Waals surface area contributed by atoms with Gasteiger partial charge in [-0.1, -0.05) is 54.2 Å². The second kappa shape index (κ2) is 7.75. The van der Waals surface area contributed by atoms with E-state index in [2.05, 4.69) is 5.32 Å². The van der Waals surface area contributed by atoms with Gasteiger partial charge in [-0.2, -0.15) is 0 Å². The van der Waals surface area contributed by atoms with Crippen LogP contribution in [-0.4, -0.2) is 45.6 Å². The molecular weight excluding hydrogens is 360 g/mol. The van der Waals surface area contributed by atoms with Crippen LogP contribution in [0.2, 0.25) is 0 Å². The number of fused-ring (bicyclic) bond motifs is 1. The fourth-order valence-corrected chi connectivity index (χ4v) is 3.82. The van der Waals surface area contributed by atoms with Crippen LogP contribution in [0.25, 0.3) is 11.0 Å². The number of imide groups is 1. The standard InChI is InChI=1S/C20H18N4O2S/c25-18(24-11-10-21-20(24)26)13-27-19-17(12-14-6-2-1-3-7-14)22-15-8-4-5-9-16(15)23-19/h1-9H,10-13H2,(H,21,26). The summed E-state index contributed by atoms with van der Waals surface area (Å²) in [4.78, 5) is 34.8. The van der Waals surface area contributed by atoms with Gasteiger partial charge in [0.15, 0.2) is 0 Å². The Kier molecular flexibility index (Phi) is 5.02. The highest BCUT2D eigenvalue weighted by atomic mass is 32.2.